The molecular weight excluding hydrogens is 450 g/mol. The Balaban J connectivity index is 1.66. The second-order valence-electron chi connectivity index (χ2n) is 6.50. The Morgan fingerprint density at radius 1 is 1.06 bits per heavy atom. The number of halogens is 3. The van der Waals surface area contributed by atoms with E-state index in [-0.39, 0.29) is 18.2 Å². The number of benzene rings is 1. The van der Waals surface area contributed by atoms with Crippen LogP contribution in [0.5, 0.6) is 0 Å². The van der Waals surface area contributed by atoms with Crippen molar-refractivity contribution < 1.29 is 32.0 Å². The van der Waals surface area contributed by atoms with E-state index in [1.807, 2.05) is 0 Å². The summed E-state index contributed by atoms with van der Waals surface area (Å²) >= 11 is 0. The van der Waals surface area contributed by atoms with Gasteiger partial charge in [-0.25, -0.2) is 19.5 Å². The first-order chi connectivity index (χ1) is 15.1. The lowest BCUT2D eigenvalue weighted by atomic mass is 10.2. The molecule has 0 unspecified atom stereocenters. The highest BCUT2D eigenvalue weighted by Gasteiger charge is 2.30. The van der Waals surface area contributed by atoms with Gasteiger partial charge in [-0.3, -0.25) is 4.52 Å². The van der Waals surface area contributed by atoms with Crippen molar-refractivity contribution in [1.29, 1.82) is 0 Å². The molecule has 2 aromatic heterocycles. The molecular formula is C19H19F3N5O4P. The van der Waals surface area contributed by atoms with Gasteiger partial charge in [-0.1, -0.05) is 6.07 Å². The van der Waals surface area contributed by atoms with Gasteiger partial charge in [0.15, 0.2) is 0 Å². The molecule has 1 aromatic carbocycles. The first-order valence-corrected chi connectivity index (χ1v) is 10.8. The van der Waals surface area contributed by atoms with E-state index in [0.717, 1.165) is 12.1 Å². The minimum atomic E-state index is -4.49. The minimum absolute atomic E-state index is 0.118. The van der Waals surface area contributed by atoms with E-state index in [2.05, 4.69) is 30.1 Å². The molecule has 3 rings (SSSR count). The molecule has 0 amide bonds. The molecule has 13 heteroatoms. The molecule has 0 atom stereocenters. The van der Waals surface area contributed by atoms with Crippen LogP contribution in [0.25, 0.3) is 11.3 Å². The smallest absolute Gasteiger partial charge is 0.370 e. The van der Waals surface area contributed by atoms with E-state index in [1.165, 1.54) is 18.3 Å². The number of nitrogens with one attached hydrogen (secondary N) is 2. The van der Waals surface area contributed by atoms with Crippen molar-refractivity contribution in [3.63, 3.8) is 0 Å². The highest BCUT2D eigenvalue weighted by molar-refractivity contribution is 7.46. The first-order valence-electron chi connectivity index (χ1n) is 9.28. The minimum Gasteiger partial charge on any atom is -0.370 e. The Kier molecular flexibility index (Phi) is 7.41. The molecule has 2 heterocycles. The van der Waals surface area contributed by atoms with E-state index in [9.17, 15) is 17.7 Å². The second kappa shape index (κ2) is 10.0. The van der Waals surface area contributed by atoms with Gasteiger partial charge in [0.2, 0.25) is 5.95 Å². The first kappa shape index (κ1) is 23.6. The summed E-state index contributed by atoms with van der Waals surface area (Å²) in [6.45, 7) is 0.246. The molecule has 4 N–H and O–H groups in total. The molecule has 0 radical (unpaired) electrons. The molecule has 0 bridgehead atoms. The molecule has 0 aliphatic carbocycles. The summed E-state index contributed by atoms with van der Waals surface area (Å²) in [4.78, 5) is 29.9. The molecule has 3 aromatic rings. The third-order valence-electron chi connectivity index (χ3n) is 4.04. The van der Waals surface area contributed by atoms with Gasteiger partial charge in [0.25, 0.3) is 0 Å². The zero-order valence-electron chi connectivity index (χ0n) is 16.5. The molecule has 9 nitrogen and oxygen atoms in total. The van der Waals surface area contributed by atoms with E-state index >= 15 is 0 Å². The fourth-order valence-electron chi connectivity index (χ4n) is 2.64. The maximum absolute atomic E-state index is 12.9. The molecule has 0 aliphatic rings. The van der Waals surface area contributed by atoms with Gasteiger partial charge in [0.05, 0.1) is 17.9 Å². The Morgan fingerprint density at radius 3 is 2.59 bits per heavy atom. The second-order valence-corrected chi connectivity index (χ2v) is 7.74. The number of alkyl halides is 3. The number of nitrogens with zero attached hydrogens (tertiary/aromatic N) is 3. The van der Waals surface area contributed by atoms with Crippen molar-refractivity contribution in [2.24, 2.45) is 0 Å². The summed E-state index contributed by atoms with van der Waals surface area (Å²) in [6.07, 6.45) is -1.09. The van der Waals surface area contributed by atoms with Crippen LogP contribution in [0.2, 0.25) is 0 Å². The zero-order chi connectivity index (χ0) is 23.2. The van der Waals surface area contributed by atoms with Crippen LogP contribution in [0.4, 0.5) is 30.6 Å². The average molecular weight is 469 g/mol. The summed E-state index contributed by atoms with van der Waals surface area (Å²) in [5.74, 6) is 0.632. The number of hydrogen-bond donors (Lipinski definition) is 4. The average Bonchev–Trinajstić information content (AvgIpc) is 2.73. The Hall–Kier alpha value is -3.05. The van der Waals surface area contributed by atoms with Crippen LogP contribution in [-0.2, 0) is 15.3 Å². The maximum atomic E-state index is 12.9. The lowest BCUT2D eigenvalue weighted by molar-refractivity contribution is -0.137. The third kappa shape index (κ3) is 7.27. The Labute approximate surface area is 181 Å². The van der Waals surface area contributed by atoms with Crippen molar-refractivity contribution in [2.75, 3.05) is 23.8 Å². The SMILES string of the molecule is O=P(O)(O)OCCCNc1cc(-c2ccnc(Nc3cccc(C(F)(F)F)c3)n2)ccn1. The quantitative estimate of drug-likeness (QED) is 0.269. The van der Waals surface area contributed by atoms with Crippen LogP contribution < -0.4 is 10.6 Å². The van der Waals surface area contributed by atoms with Crippen molar-refractivity contribution in [3.8, 4) is 11.3 Å². The monoisotopic (exact) mass is 469 g/mol. The summed E-state index contributed by atoms with van der Waals surface area (Å²) in [5.41, 5.74) is 0.620. The summed E-state index contributed by atoms with van der Waals surface area (Å²) in [6, 6.07) is 9.78. The van der Waals surface area contributed by atoms with Gasteiger partial charge < -0.3 is 20.4 Å². The van der Waals surface area contributed by atoms with E-state index in [0.29, 0.717) is 30.0 Å². The summed E-state index contributed by atoms with van der Waals surface area (Å²) in [5, 5.41) is 5.78. The number of hydrogen-bond acceptors (Lipinski definition) is 7. The normalized spacial score (nSPS) is 11.9. The van der Waals surface area contributed by atoms with Crippen LogP contribution in [0.15, 0.2) is 54.9 Å². The van der Waals surface area contributed by atoms with Gasteiger partial charge in [-0.2, -0.15) is 13.2 Å². The summed E-state index contributed by atoms with van der Waals surface area (Å²) in [7, 11) is -4.49. The van der Waals surface area contributed by atoms with Gasteiger partial charge in [-0.15, -0.1) is 0 Å². The van der Waals surface area contributed by atoms with Crippen LogP contribution in [0, 0.1) is 0 Å². The topological polar surface area (TPSA) is 129 Å². The molecule has 0 aliphatic heterocycles. The molecule has 170 valence electrons. The molecule has 0 saturated heterocycles. The Morgan fingerprint density at radius 2 is 1.84 bits per heavy atom. The molecule has 0 saturated carbocycles. The van der Waals surface area contributed by atoms with Gasteiger partial charge in [0, 0.05) is 30.2 Å². The lowest BCUT2D eigenvalue weighted by Gasteiger charge is -2.11. The number of anilines is 3. The highest BCUT2D eigenvalue weighted by atomic mass is 31.2. The fourth-order valence-corrected chi connectivity index (χ4v) is 3.01. The highest BCUT2D eigenvalue weighted by Crippen LogP contribution is 2.35. The van der Waals surface area contributed by atoms with Crippen molar-refractivity contribution in [1.82, 2.24) is 15.0 Å². The number of phosphoric ester groups is 1. The lowest BCUT2D eigenvalue weighted by Crippen LogP contribution is -2.06. The molecule has 0 spiro atoms. The molecule has 32 heavy (non-hydrogen) atoms. The number of aromatic nitrogens is 3. The predicted octanol–water partition coefficient (Wildman–Crippen LogP) is 4.21. The maximum Gasteiger partial charge on any atom is 0.469 e. The van der Waals surface area contributed by atoms with Gasteiger partial charge in [-0.05, 0) is 42.8 Å². The summed E-state index contributed by atoms with van der Waals surface area (Å²) < 4.78 is 53.7. The largest absolute Gasteiger partial charge is 0.469 e. The van der Waals surface area contributed by atoms with Crippen molar-refractivity contribution in [3.05, 3.63) is 60.4 Å². The fraction of sp³-hybridized carbons (Fsp3) is 0.211. The Bertz CT molecular complexity index is 1110. The molecule has 0 fully saturated rings. The standard InChI is InChI=1S/C19H19F3N5O4P/c20-19(21,22)14-3-1-4-15(12-14)26-18-25-9-6-16(27-18)13-5-8-24-17(11-13)23-7-2-10-31-32(28,29)30/h1,3-6,8-9,11-12H,2,7,10H2,(H,23,24)(H,25,26,27)(H2,28,29,30). The van der Waals surface area contributed by atoms with Crippen LogP contribution in [0.1, 0.15) is 12.0 Å². The van der Waals surface area contributed by atoms with Crippen LogP contribution >= 0.6 is 7.82 Å². The predicted molar refractivity (Wildman–Crippen MR) is 111 cm³/mol. The van der Waals surface area contributed by atoms with E-state index in [4.69, 9.17) is 9.79 Å². The van der Waals surface area contributed by atoms with Crippen molar-refractivity contribution in [2.45, 2.75) is 12.6 Å². The van der Waals surface area contributed by atoms with Gasteiger partial charge in [0.1, 0.15) is 5.82 Å². The number of phosphoric acid groups is 1. The van der Waals surface area contributed by atoms with E-state index in [1.54, 1.807) is 24.4 Å². The van der Waals surface area contributed by atoms with E-state index < -0.39 is 19.6 Å². The van der Waals surface area contributed by atoms with Crippen molar-refractivity contribution >= 4 is 25.3 Å². The zero-order valence-corrected chi connectivity index (χ0v) is 17.3. The van der Waals surface area contributed by atoms with Crippen LogP contribution in [0.3, 0.4) is 0 Å². The van der Waals surface area contributed by atoms with Crippen LogP contribution in [-0.4, -0.2) is 37.9 Å². The van der Waals surface area contributed by atoms with Gasteiger partial charge >= 0.3 is 14.0 Å². The third-order valence-corrected chi connectivity index (χ3v) is 4.56. The number of pyridine rings is 1. The number of rotatable bonds is 9.